The molecule has 2 N–H and O–H groups in total. The highest BCUT2D eigenvalue weighted by Crippen LogP contribution is 2.50. The Morgan fingerprint density at radius 1 is 0.710 bits per heavy atom. The van der Waals surface area contributed by atoms with E-state index in [1.807, 2.05) is 37.5 Å². The van der Waals surface area contributed by atoms with Crippen molar-refractivity contribution < 1.29 is 10.2 Å². The summed E-state index contributed by atoms with van der Waals surface area (Å²) < 4.78 is 0. The van der Waals surface area contributed by atoms with E-state index in [4.69, 9.17) is 0 Å². The predicted octanol–water partition coefficient (Wildman–Crippen LogP) is 6.57. The molecule has 1 aliphatic rings. The second-order valence-electron chi connectivity index (χ2n) is 11.0. The number of phenols is 2. The zero-order chi connectivity index (χ0) is 23.4. The van der Waals surface area contributed by atoms with Crippen LogP contribution in [0.1, 0.15) is 74.9 Å². The summed E-state index contributed by atoms with van der Waals surface area (Å²) in [5, 5.41) is 23.1. The molecule has 0 aromatic heterocycles. The average Bonchev–Trinajstić information content (AvgIpc) is 2.64. The molecule has 2 aromatic carbocycles. The number of likely N-dealkylation sites (N-methyl/N-ethyl adjacent to an activating group) is 1. The first-order valence-electron chi connectivity index (χ1n) is 11.0. The first-order chi connectivity index (χ1) is 14.2. The van der Waals surface area contributed by atoms with E-state index in [0.29, 0.717) is 0 Å². The predicted molar refractivity (Wildman–Crippen MR) is 130 cm³/mol. The molecule has 1 heterocycles. The van der Waals surface area contributed by atoms with Crippen molar-refractivity contribution in [2.75, 3.05) is 7.05 Å². The highest BCUT2D eigenvalue weighted by Gasteiger charge is 2.42. The van der Waals surface area contributed by atoms with Gasteiger partial charge in [-0.15, -0.1) is 0 Å². The van der Waals surface area contributed by atoms with E-state index in [1.165, 1.54) is 0 Å². The topological polar surface area (TPSA) is 43.7 Å². The largest absolute Gasteiger partial charge is 0.507 e. The van der Waals surface area contributed by atoms with Crippen LogP contribution in [0.4, 0.5) is 0 Å². The van der Waals surface area contributed by atoms with E-state index in [9.17, 15) is 10.2 Å². The molecule has 0 atom stereocenters. The van der Waals surface area contributed by atoms with Crippen molar-refractivity contribution in [3.8, 4) is 11.5 Å². The molecule has 3 nitrogen and oxygen atoms in total. The molecule has 0 bridgehead atoms. The molecule has 0 radical (unpaired) electrons. The molecule has 0 aliphatic carbocycles. The SMILES string of the molecule is Cc1cc(C(C)(C)C)c(O)c(C2(c3cc(C)cc(C(C)(C)C)c3O)C=CC=CN2C)c1. The van der Waals surface area contributed by atoms with Gasteiger partial charge in [0.25, 0.3) is 0 Å². The Labute approximate surface area is 187 Å². The Hall–Kier alpha value is -2.68. The van der Waals surface area contributed by atoms with Crippen LogP contribution in [0, 0.1) is 13.8 Å². The van der Waals surface area contributed by atoms with Crippen LogP contribution in [0.3, 0.4) is 0 Å². The van der Waals surface area contributed by atoms with Crippen LogP contribution in [-0.4, -0.2) is 22.2 Å². The maximum atomic E-state index is 11.6. The van der Waals surface area contributed by atoms with Gasteiger partial charge >= 0.3 is 0 Å². The summed E-state index contributed by atoms with van der Waals surface area (Å²) in [5.74, 6) is 0.561. The lowest BCUT2D eigenvalue weighted by Gasteiger charge is -2.44. The zero-order valence-corrected chi connectivity index (χ0v) is 20.5. The lowest BCUT2D eigenvalue weighted by Crippen LogP contribution is -2.42. The Morgan fingerprint density at radius 2 is 1.13 bits per heavy atom. The van der Waals surface area contributed by atoms with Crippen molar-refractivity contribution >= 4 is 0 Å². The average molecular weight is 420 g/mol. The number of nitrogens with zero attached hydrogens (tertiary/aromatic N) is 1. The number of hydrogen-bond acceptors (Lipinski definition) is 3. The van der Waals surface area contributed by atoms with E-state index < -0.39 is 5.54 Å². The van der Waals surface area contributed by atoms with Gasteiger partial charge < -0.3 is 15.1 Å². The van der Waals surface area contributed by atoms with Gasteiger partial charge in [0.2, 0.25) is 0 Å². The number of aromatic hydroxyl groups is 2. The lowest BCUT2D eigenvalue weighted by molar-refractivity contribution is 0.268. The molecule has 0 saturated heterocycles. The van der Waals surface area contributed by atoms with E-state index in [1.54, 1.807) is 0 Å². The number of rotatable bonds is 2. The minimum atomic E-state index is -0.832. The van der Waals surface area contributed by atoms with Crippen LogP contribution in [0.25, 0.3) is 0 Å². The third-order valence-corrected chi connectivity index (χ3v) is 6.26. The second kappa shape index (κ2) is 7.47. The lowest BCUT2D eigenvalue weighted by atomic mass is 9.73. The molecule has 3 rings (SSSR count). The number of phenolic OH excluding ortho intramolecular Hbond substituents is 2. The molecule has 0 saturated carbocycles. The molecule has 166 valence electrons. The van der Waals surface area contributed by atoms with Crippen LogP contribution >= 0.6 is 0 Å². The summed E-state index contributed by atoms with van der Waals surface area (Å²) in [4.78, 5) is 2.08. The highest BCUT2D eigenvalue weighted by molar-refractivity contribution is 5.62. The van der Waals surface area contributed by atoms with Crippen LogP contribution < -0.4 is 0 Å². The third kappa shape index (κ3) is 3.86. The molecule has 0 spiro atoms. The van der Waals surface area contributed by atoms with Gasteiger partial charge in [0.15, 0.2) is 0 Å². The van der Waals surface area contributed by atoms with Gasteiger partial charge in [-0.05, 0) is 60.1 Å². The number of allylic oxidation sites excluding steroid dienone is 2. The van der Waals surface area contributed by atoms with Crippen LogP contribution in [-0.2, 0) is 16.4 Å². The van der Waals surface area contributed by atoms with E-state index in [0.717, 1.165) is 33.4 Å². The summed E-state index contributed by atoms with van der Waals surface area (Å²) in [6, 6.07) is 8.21. The minimum absolute atomic E-state index is 0.218. The Bertz CT molecular complexity index is 992. The van der Waals surface area contributed by atoms with Crippen molar-refractivity contribution in [3.63, 3.8) is 0 Å². The van der Waals surface area contributed by atoms with Crippen LogP contribution in [0.5, 0.6) is 11.5 Å². The molecule has 0 unspecified atom stereocenters. The molecule has 0 amide bonds. The van der Waals surface area contributed by atoms with Gasteiger partial charge in [0, 0.05) is 24.4 Å². The smallest absolute Gasteiger partial charge is 0.125 e. The molecule has 31 heavy (non-hydrogen) atoms. The van der Waals surface area contributed by atoms with E-state index >= 15 is 0 Å². The van der Waals surface area contributed by atoms with Gasteiger partial charge in [0.1, 0.15) is 17.0 Å². The second-order valence-corrected chi connectivity index (χ2v) is 11.0. The van der Waals surface area contributed by atoms with Gasteiger partial charge in [-0.3, -0.25) is 0 Å². The summed E-state index contributed by atoms with van der Waals surface area (Å²) in [7, 11) is 2.00. The van der Waals surface area contributed by atoms with Gasteiger partial charge in [-0.1, -0.05) is 70.9 Å². The monoisotopic (exact) mass is 419 g/mol. The maximum absolute atomic E-state index is 11.6. The van der Waals surface area contributed by atoms with Gasteiger partial charge in [-0.2, -0.15) is 0 Å². The molecule has 0 fully saturated rings. The third-order valence-electron chi connectivity index (χ3n) is 6.26. The zero-order valence-electron chi connectivity index (χ0n) is 20.5. The fourth-order valence-electron chi connectivity index (χ4n) is 4.60. The van der Waals surface area contributed by atoms with Crippen molar-refractivity contribution in [3.05, 3.63) is 82.1 Å². The Balaban J connectivity index is 2.47. The van der Waals surface area contributed by atoms with Crippen molar-refractivity contribution in [2.45, 2.75) is 71.8 Å². The van der Waals surface area contributed by atoms with Crippen LogP contribution in [0.15, 0.2) is 48.7 Å². The summed E-state index contributed by atoms with van der Waals surface area (Å²) in [6.07, 6.45) is 8.05. The summed E-state index contributed by atoms with van der Waals surface area (Å²) in [5.41, 5.74) is 4.26. The number of benzene rings is 2. The Morgan fingerprint density at radius 3 is 1.48 bits per heavy atom. The summed E-state index contributed by atoms with van der Waals surface area (Å²) in [6.45, 7) is 16.8. The van der Waals surface area contributed by atoms with Crippen molar-refractivity contribution in [1.29, 1.82) is 0 Å². The van der Waals surface area contributed by atoms with Gasteiger partial charge in [-0.25, -0.2) is 0 Å². The fourth-order valence-corrected chi connectivity index (χ4v) is 4.60. The molecule has 3 heteroatoms. The standard InChI is InChI=1S/C28H37NO2/c1-18-14-20(26(3,4)5)24(30)22(16-18)28(12-10-11-13-29(28)9)23-17-19(2)15-21(25(23)31)27(6,7)8/h10-17,30-31H,1-9H3. The fraction of sp³-hybridized carbons (Fsp3) is 0.429. The first-order valence-corrected chi connectivity index (χ1v) is 11.0. The van der Waals surface area contributed by atoms with E-state index in [2.05, 4.69) is 78.5 Å². The van der Waals surface area contributed by atoms with Crippen molar-refractivity contribution in [2.24, 2.45) is 0 Å². The molecule has 2 aromatic rings. The Kier molecular flexibility index (Phi) is 5.54. The quantitative estimate of drug-likeness (QED) is 0.579. The number of hydrogen-bond donors (Lipinski definition) is 2. The number of aryl methyl sites for hydroxylation is 2. The van der Waals surface area contributed by atoms with Crippen molar-refractivity contribution in [1.82, 2.24) is 4.90 Å². The van der Waals surface area contributed by atoms with Crippen LogP contribution in [0.2, 0.25) is 0 Å². The molecular weight excluding hydrogens is 382 g/mol. The van der Waals surface area contributed by atoms with E-state index in [-0.39, 0.29) is 22.3 Å². The maximum Gasteiger partial charge on any atom is 0.125 e. The molecular formula is C28H37NO2. The summed E-state index contributed by atoms with van der Waals surface area (Å²) >= 11 is 0. The normalized spacial score (nSPS) is 16.1. The first kappa shape index (κ1) is 23.0. The minimum Gasteiger partial charge on any atom is -0.507 e. The van der Waals surface area contributed by atoms with Gasteiger partial charge in [0.05, 0.1) is 0 Å². The molecule has 1 aliphatic heterocycles. The highest BCUT2D eigenvalue weighted by atomic mass is 16.3.